The van der Waals surface area contributed by atoms with Gasteiger partial charge in [0.25, 0.3) is 0 Å². The van der Waals surface area contributed by atoms with Gasteiger partial charge < -0.3 is 10.0 Å². The molecule has 1 aromatic heterocycles. The number of likely N-dealkylation sites (N-methyl/N-ethyl adjacent to an activating group) is 1. The third-order valence-electron chi connectivity index (χ3n) is 3.52. The van der Waals surface area contributed by atoms with Gasteiger partial charge in [0.2, 0.25) is 0 Å². The summed E-state index contributed by atoms with van der Waals surface area (Å²) in [7, 11) is 0. The maximum Gasteiger partial charge on any atom is 0.326 e. The number of aliphatic carboxylic acids is 1. The summed E-state index contributed by atoms with van der Waals surface area (Å²) in [6.45, 7) is 6.01. The second kappa shape index (κ2) is 6.29. The fourth-order valence-corrected chi connectivity index (χ4v) is 3.33. The van der Waals surface area contributed by atoms with Crippen LogP contribution in [0.3, 0.4) is 0 Å². The highest BCUT2D eigenvalue weighted by molar-refractivity contribution is 7.15. The van der Waals surface area contributed by atoms with Gasteiger partial charge in [-0.1, -0.05) is 18.3 Å². The van der Waals surface area contributed by atoms with Crippen LogP contribution in [0.1, 0.15) is 17.8 Å². The minimum atomic E-state index is -0.952. The Hall–Kier alpha value is -1.51. The van der Waals surface area contributed by atoms with Crippen LogP contribution >= 0.6 is 11.3 Å². The first-order valence-electron chi connectivity index (χ1n) is 6.46. The van der Waals surface area contributed by atoms with E-state index in [0.717, 1.165) is 31.0 Å². The molecule has 0 amide bonds. The van der Waals surface area contributed by atoms with Gasteiger partial charge in [0.1, 0.15) is 6.04 Å². The summed E-state index contributed by atoms with van der Waals surface area (Å²) in [5, 5.41) is 20.1. The lowest BCUT2D eigenvalue weighted by Crippen LogP contribution is -2.48. The third kappa shape index (κ3) is 3.14. The van der Waals surface area contributed by atoms with Gasteiger partial charge in [0.15, 0.2) is 0 Å². The maximum atomic E-state index is 11.5. The number of piperazine rings is 1. The van der Waals surface area contributed by atoms with Crippen molar-refractivity contribution in [1.82, 2.24) is 9.80 Å². The Morgan fingerprint density at radius 1 is 1.45 bits per heavy atom. The molecule has 0 aliphatic carbocycles. The number of carboxylic acid groups (broad SMARTS) is 1. The van der Waals surface area contributed by atoms with E-state index in [1.807, 2.05) is 4.90 Å². The van der Waals surface area contributed by atoms with Gasteiger partial charge in [-0.3, -0.25) is 19.8 Å². The number of hydrogen-bond acceptors (Lipinski definition) is 6. The van der Waals surface area contributed by atoms with Crippen molar-refractivity contribution in [2.75, 3.05) is 32.7 Å². The highest BCUT2D eigenvalue weighted by Gasteiger charge is 2.32. The number of thiophene rings is 1. The molecule has 20 heavy (non-hydrogen) atoms. The highest BCUT2D eigenvalue weighted by Crippen LogP contribution is 2.32. The number of hydrogen-bond donors (Lipinski definition) is 1. The molecule has 2 rings (SSSR count). The molecular formula is C12H17N3O4S. The fourth-order valence-electron chi connectivity index (χ4n) is 2.38. The zero-order valence-corrected chi connectivity index (χ0v) is 12.0. The smallest absolute Gasteiger partial charge is 0.326 e. The minimum Gasteiger partial charge on any atom is -0.480 e. The molecule has 0 bridgehead atoms. The molecule has 7 nitrogen and oxygen atoms in total. The second-order valence-electron chi connectivity index (χ2n) is 4.64. The van der Waals surface area contributed by atoms with Crippen molar-refractivity contribution in [3.63, 3.8) is 0 Å². The van der Waals surface area contributed by atoms with Crippen molar-refractivity contribution in [1.29, 1.82) is 0 Å². The number of nitrogens with zero attached hydrogens (tertiary/aromatic N) is 3. The normalized spacial score (nSPS) is 18.9. The van der Waals surface area contributed by atoms with Gasteiger partial charge in [-0.05, 0) is 12.6 Å². The Kier molecular flexibility index (Phi) is 4.69. The predicted molar refractivity (Wildman–Crippen MR) is 75.0 cm³/mol. The molecule has 1 saturated heterocycles. The molecule has 1 fully saturated rings. The van der Waals surface area contributed by atoms with E-state index in [1.165, 1.54) is 6.07 Å². The summed E-state index contributed by atoms with van der Waals surface area (Å²) in [4.78, 5) is 26.4. The summed E-state index contributed by atoms with van der Waals surface area (Å²) in [5.41, 5.74) is 0. The van der Waals surface area contributed by atoms with Crippen LogP contribution < -0.4 is 0 Å². The topological polar surface area (TPSA) is 86.9 Å². The Labute approximate surface area is 120 Å². The van der Waals surface area contributed by atoms with Crippen molar-refractivity contribution in [3.05, 3.63) is 27.1 Å². The summed E-state index contributed by atoms with van der Waals surface area (Å²) in [6.07, 6.45) is 0. The quantitative estimate of drug-likeness (QED) is 0.653. The zero-order valence-electron chi connectivity index (χ0n) is 11.2. The van der Waals surface area contributed by atoms with Crippen LogP contribution in [0.2, 0.25) is 0 Å². The monoisotopic (exact) mass is 299 g/mol. The van der Waals surface area contributed by atoms with Crippen LogP contribution in [-0.2, 0) is 4.79 Å². The molecule has 1 unspecified atom stereocenters. The summed E-state index contributed by atoms with van der Waals surface area (Å²) < 4.78 is 0. The summed E-state index contributed by atoms with van der Waals surface area (Å²) in [6, 6.07) is 2.14. The standard InChI is InChI=1S/C12H17N3O4S/c1-2-13-5-7-14(8-6-13)11(12(16)17)9-3-4-10(20-9)15(18)19/h3-4,11H,2,5-8H2,1H3,(H,16,17). The molecule has 0 aromatic carbocycles. The predicted octanol–water partition coefficient (Wildman–Crippen LogP) is 1.42. The van der Waals surface area contributed by atoms with E-state index in [1.54, 1.807) is 6.07 Å². The molecular weight excluding hydrogens is 282 g/mol. The van der Waals surface area contributed by atoms with E-state index in [0.29, 0.717) is 18.0 Å². The highest BCUT2D eigenvalue weighted by atomic mass is 32.1. The molecule has 1 atom stereocenters. The van der Waals surface area contributed by atoms with Crippen LogP contribution in [0.25, 0.3) is 0 Å². The average Bonchev–Trinajstić information content (AvgIpc) is 2.89. The van der Waals surface area contributed by atoms with E-state index in [2.05, 4.69) is 11.8 Å². The van der Waals surface area contributed by atoms with Crippen LogP contribution in [0.4, 0.5) is 5.00 Å². The van der Waals surface area contributed by atoms with Crippen LogP contribution in [0.5, 0.6) is 0 Å². The molecule has 1 aliphatic heterocycles. The zero-order chi connectivity index (χ0) is 14.7. The Morgan fingerprint density at radius 3 is 2.55 bits per heavy atom. The van der Waals surface area contributed by atoms with E-state index >= 15 is 0 Å². The number of nitro groups is 1. The van der Waals surface area contributed by atoms with Crippen molar-refractivity contribution in [2.45, 2.75) is 13.0 Å². The van der Waals surface area contributed by atoms with Gasteiger partial charge >= 0.3 is 11.0 Å². The van der Waals surface area contributed by atoms with Crippen molar-refractivity contribution >= 4 is 22.3 Å². The summed E-state index contributed by atoms with van der Waals surface area (Å²) >= 11 is 0.942. The van der Waals surface area contributed by atoms with E-state index < -0.39 is 16.9 Å². The fraction of sp³-hybridized carbons (Fsp3) is 0.583. The Bertz CT molecular complexity index is 497. The van der Waals surface area contributed by atoms with Gasteiger partial charge in [-0.15, -0.1) is 0 Å². The largest absolute Gasteiger partial charge is 0.480 e. The number of rotatable bonds is 5. The molecule has 1 aliphatic rings. The lowest BCUT2D eigenvalue weighted by Gasteiger charge is -2.36. The molecule has 8 heteroatoms. The van der Waals surface area contributed by atoms with E-state index in [4.69, 9.17) is 0 Å². The molecule has 2 heterocycles. The van der Waals surface area contributed by atoms with Crippen molar-refractivity contribution in [2.24, 2.45) is 0 Å². The van der Waals surface area contributed by atoms with Crippen molar-refractivity contribution in [3.8, 4) is 0 Å². The number of carbonyl (C=O) groups is 1. The van der Waals surface area contributed by atoms with Crippen LogP contribution in [0, 0.1) is 10.1 Å². The molecule has 0 spiro atoms. The van der Waals surface area contributed by atoms with Crippen molar-refractivity contribution < 1.29 is 14.8 Å². The Morgan fingerprint density at radius 2 is 2.10 bits per heavy atom. The molecule has 0 saturated carbocycles. The van der Waals surface area contributed by atoms with Gasteiger partial charge in [-0.2, -0.15) is 0 Å². The molecule has 1 aromatic rings. The van der Waals surface area contributed by atoms with E-state index in [-0.39, 0.29) is 5.00 Å². The lowest BCUT2D eigenvalue weighted by molar-refractivity contribution is -0.380. The first kappa shape index (κ1) is 14.9. The Balaban J connectivity index is 2.15. The van der Waals surface area contributed by atoms with E-state index in [9.17, 15) is 20.0 Å². The summed E-state index contributed by atoms with van der Waals surface area (Å²) in [5.74, 6) is -0.952. The molecule has 110 valence electrons. The molecule has 0 radical (unpaired) electrons. The second-order valence-corrected chi connectivity index (χ2v) is 5.74. The lowest BCUT2D eigenvalue weighted by atomic mass is 10.1. The van der Waals surface area contributed by atoms with Crippen LogP contribution in [-0.4, -0.2) is 58.5 Å². The first-order chi connectivity index (χ1) is 9.52. The SMILES string of the molecule is CCN1CCN(C(C(=O)O)c2ccc([N+](=O)[O-])s2)CC1. The van der Waals surface area contributed by atoms with Crippen LogP contribution in [0.15, 0.2) is 12.1 Å². The van der Waals surface area contributed by atoms with Gasteiger partial charge in [0, 0.05) is 37.1 Å². The molecule has 1 N–H and O–H groups in total. The number of carboxylic acids is 1. The van der Waals surface area contributed by atoms with Gasteiger partial charge in [0.05, 0.1) is 4.92 Å². The average molecular weight is 299 g/mol. The maximum absolute atomic E-state index is 11.5. The first-order valence-corrected chi connectivity index (χ1v) is 7.28. The van der Waals surface area contributed by atoms with Gasteiger partial charge in [-0.25, -0.2) is 0 Å². The minimum absolute atomic E-state index is 0.0153. The third-order valence-corrected chi connectivity index (χ3v) is 4.60.